The highest BCUT2D eigenvalue weighted by Gasteiger charge is 2.09. The summed E-state index contributed by atoms with van der Waals surface area (Å²) in [6.07, 6.45) is 2.80. The Bertz CT molecular complexity index is 432. The third kappa shape index (κ3) is 4.53. The minimum atomic E-state index is -0.384. The van der Waals surface area contributed by atoms with Gasteiger partial charge in [-0.25, -0.2) is 0 Å². The molecule has 0 aliphatic rings. The molecule has 92 valence electrons. The van der Waals surface area contributed by atoms with E-state index in [0.29, 0.717) is 12.0 Å². The summed E-state index contributed by atoms with van der Waals surface area (Å²) in [6.45, 7) is 1.73. The molecule has 0 unspecified atom stereocenters. The summed E-state index contributed by atoms with van der Waals surface area (Å²) in [6, 6.07) is 5.10. The van der Waals surface area contributed by atoms with Crippen LogP contribution < -0.4 is 0 Å². The molecule has 0 radical (unpaired) electrons. The number of benzene rings is 1. The molecule has 1 rings (SSSR count). The summed E-state index contributed by atoms with van der Waals surface area (Å²) in [4.78, 5) is 20.8. The van der Waals surface area contributed by atoms with Gasteiger partial charge < -0.3 is 0 Å². The maximum atomic E-state index is 10.6. The SMILES string of the molecule is Cc1cc(CCCCC(=O)Cl)ccc1[N+](=O)[O-]. The Morgan fingerprint density at radius 3 is 2.65 bits per heavy atom. The molecular weight excluding hydrogens is 242 g/mol. The second-order valence-corrected chi connectivity index (χ2v) is 4.36. The first-order chi connectivity index (χ1) is 8.00. The van der Waals surface area contributed by atoms with E-state index in [-0.39, 0.29) is 15.9 Å². The number of unbranched alkanes of at least 4 members (excludes halogenated alkanes) is 1. The van der Waals surface area contributed by atoms with E-state index in [4.69, 9.17) is 11.6 Å². The van der Waals surface area contributed by atoms with Gasteiger partial charge in [-0.3, -0.25) is 14.9 Å². The number of hydrogen-bond acceptors (Lipinski definition) is 3. The lowest BCUT2D eigenvalue weighted by Gasteiger charge is -2.03. The van der Waals surface area contributed by atoms with Crippen LogP contribution in [0.25, 0.3) is 0 Å². The van der Waals surface area contributed by atoms with E-state index < -0.39 is 0 Å². The van der Waals surface area contributed by atoms with Crippen LogP contribution in [0.1, 0.15) is 30.4 Å². The van der Waals surface area contributed by atoms with E-state index in [1.165, 1.54) is 6.07 Å². The minimum Gasteiger partial charge on any atom is -0.281 e. The number of rotatable bonds is 6. The van der Waals surface area contributed by atoms with Crippen LogP contribution in [0, 0.1) is 17.0 Å². The number of aryl methyl sites for hydroxylation is 2. The first-order valence-electron chi connectivity index (χ1n) is 5.43. The molecule has 0 heterocycles. The van der Waals surface area contributed by atoms with E-state index >= 15 is 0 Å². The van der Waals surface area contributed by atoms with Crippen LogP contribution in [0.3, 0.4) is 0 Å². The molecule has 0 aromatic heterocycles. The summed E-state index contributed by atoms with van der Waals surface area (Å²) in [5.74, 6) is 0. The lowest BCUT2D eigenvalue weighted by atomic mass is 10.0. The first kappa shape index (κ1) is 13.6. The summed E-state index contributed by atoms with van der Waals surface area (Å²) >= 11 is 5.23. The fourth-order valence-corrected chi connectivity index (χ4v) is 1.80. The quantitative estimate of drug-likeness (QED) is 0.339. The van der Waals surface area contributed by atoms with Crippen molar-refractivity contribution in [3.63, 3.8) is 0 Å². The predicted octanol–water partition coefficient (Wildman–Crippen LogP) is 3.38. The van der Waals surface area contributed by atoms with Gasteiger partial charge in [-0.15, -0.1) is 0 Å². The van der Waals surface area contributed by atoms with Crippen molar-refractivity contribution in [2.24, 2.45) is 0 Å². The second kappa shape index (κ2) is 6.35. The Morgan fingerprint density at radius 1 is 1.41 bits per heavy atom. The topological polar surface area (TPSA) is 60.2 Å². The van der Waals surface area contributed by atoms with Crippen molar-refractivity contribution in [1.29, 1.82) is 0 Å². The largest absolute Gasteiger partial charge is 0.281 e. The van der Waals surface area contributed by atoms with Gasteiger partial charge in [-0.1, -0.05) is 6.07 Å². The fourth-order valence-electron chi connectivity index (χ4n) is 1.67. The number of nitro groups is 1. The Hall–Kier alpha value is -1.42. The van der Waals surface area contributed by atoms with Crippen LogP contribution >= 0.6 is 11.6 Å². The maximum absolute atomic E-state index is 10.6. The number of carbonyl (C=O) groups excluding carboxylic acids is 1. The average molecular weight is 256 g/mol. The summed E-state index contributed by atoms with van der Waals surface area (Å²) in [7, 11) is 0. The summed E-state index contributed by atoms with van der Waals surface area (Å²) < 4.78 is 0. The summed E-state index contributed by atoms with van der Waals surface area (Å²) in [5, 5.41) is 10.3. The van der Waals surface area contributed by atoms with E-state index in [0.717, 1.165) is 24.8 Å². The van der Waals surface area contributed by atoms with Crippen molar-refractivity contribution in [3.05, 3.63) is 39.4 Å². The fraction of sp³-hybridized carbons (Fsp3) is 0.417. The molecule has 0 aliphatic heterocycles. The lowest BCUT2D eigenvalue weighted by Crippen LogP contribution is -1.94. The zero-order chi connectivity index (χ0) is 12.8. The van der Waals surface area contributed by atoms with Crippen molar-refractivity contribution in [3.8, 4) is 0 Å². The molecule has 0 amide bonds. The highest BCUT2D eigenvalue weighted by Crippen LogP contribution is 2.20. The smallest absolute Gasteiger partial charge is 0.272 e. The van der Waals surface area contributed by atoms with Gasteiger partial charge >= 0.3 is 0 Å². The molecular formula is C12H14ClNO3. The van der Waals surface area contributed by atoms with Gasteiger partial charge in [0.1, 0.15) is 0 Å². The van der Waals surface area contributed by atoms with Crippen LogP contribution in [0.5, 0.6) is 0 Å². The molecule has 0 saturated heterocycles. The predicted molar refractivity (Wildman–Crippen MR) is 66.2 cm³/mol. The molecule has 0 atom stereocenters. The molecule has 0 saturated carbocycles. The van der Waals surface area contributed by atoms with Gasteiger partial charge in [-0.05, 0) is 49.4 Å². The van der Waals surface area contributed by atoms with E-state index in [2.05, 4.69) is 0 Å². The van der Waals surface area contributed by atoms with Crippen molar-refractivity contribution < 1.29 is 9.72 Å². The van der Waals surface area contributed by atoms with E-state index in [1.54, 1.807) is 13.0 Å². The van der Waals surface area contributed by atoms with Crippen LogP contribution in [-0.2, 0) is 11.2 Å². The third-order valence-electron chi connectivity index (χ3n) is 2.55. The number of hydrogen-bond donors (Lipinski definition) is 0. The highest BCUT2D eigenvalue weighted by molar-refractivity contribution is 6.63. The van der Waals surface area contributed by atoms with Crippen LogP contribution in [0.4, 0.5) is 5.69 Å². The molecule has 0 aliphatic carbocycles. The minimum absolute atomic E-state index is 0.143. The molecule has 1 aromatic rings. The number of nitrogens with zero attached hydrogens (tertiary/aromatic N) is 1. The normalized spacial score (nSPS) is 10.2. The van der Waals surface area contributed by atoms with Gasteiger partial charge in [0, 0.05) is 18.1 Å². The first-order valence-corrected chi connectivity index (χ1v) is 5.80. The van der Waals surface area contributed by atoms with Gasteiger partial charge in [0.25, 0.3) is 5.69 Å². The van der Waals surface area contributed by atoms with Gasteiger partial charge in [0.2, 0.25) is 5.24 Å². The molecule has 17 heavy (non-hydrogen) atoms. The van der Waals surface area contributed by atoms with Crippen LogP contribution in [0.2, 0.25) is 0 Å². The van der Waals surface area contributed by atoms with Crippen molar-refractivity contribution in [2.75, 3.05) is 0 Å². The molecule has 0 fully saturated rings. The molecule has 0 spiro atoms. The molecule has 5 heteroatoms. The van der Waals surface area contributed by atoms with E-state index in [1.807, 2.05) is 6.07 Å². The highest BCUT2D eigenvalue weighted by atomic mass is 35.5. The molecule has 0 N–H and O–H groups in total. The Morgan fingerprint density at radius 2 is 2.12 bits per heavy atom. The zero-order valence-corrected chi connectivity index (χ0v) is 10.4. The number of halogens is 1. The van der Waals surface area contributed by atoms with Crippen LogP contribution in [0.15, 0.2) is 18.2 Å². The summed E-state index contributed by atoms with van der Waals surface area (Å²) in [5.41, 5.74) is 1.86. The molecule has 1 aromatic carbocycles. The number of carbonyl (C=O) groups is 1. The maximum Gasteiger partial charge on any atom is 0.272 e. The zero-order valence-electron chi connectivity index (χ0n) is 9.61. The van der Waals surface area contributed by atoms with Crippen LogP contribution in [-0.4, -0.2) is 10.2 Å². The van der Waals surface area contributed by atoms with Gasteiger partial charge in [0.15, 0.2) is 0 Å². The van der Waals surface area contributed by atoms with Crippen molar-refractivity contribution in [2.45, 2.75) is 32.6 Å². The van der Waals surface area contributed by atoms with Crippen molar-refractivity contribution in [1.82, 2.24) is 0 Å². The molecule has 0 bridgehead atoms. The lowest BCUT2D eigenvalue weighted by molar-refractivity contribution is -0.385. The second-order valence-electron chi connectivity index (χ2n) is 3.94. The third-order valence-corrected chi connectivity index (χ3v) is 2.74. The Kier molecular flexibility index (Phi) is 5.10. The van der Waals surface area contributed by atoms with E-state index in [9.17, 15) is 14.9 Å². The van der Waals surface area contributed by atoms with Gasteiger partial charge in [-0.2, -0.15) is 0 Å². The van der Waals surface area contributed by atoms with Gasteiger partial charge in [0.05, 0.1) is 4.92 Å². The molecule has 4 nitrogen and oxygen atoms in total. The monoisotopic (exact) mass is 255 g/mol. The van der Waals surface area contributed by atoms with Crippen molar-refractivity contribution >= 4 is 22.5 Å². The Labute approximate surface area is 105 Å². The average Bonchev–Trinajstić information content (AvgIpc) is 2.23. The standard InChI is InChI=1S/C12H14ClNO3/c1-9-8-10(4-2-3-5-12(13)15)6-7-11(9)14(16)17/h6-8H,2-5H2,1H3. The number of nitro benzene ring substituents is 1. The Balaban J connectivity index is 2.53.